The summed E-state index contributed by atoms with van der Waals surface area (Å²) in [6.45, 7) is 0. The molecule has 0 fully saturated rings. The van der Waals surface area contributed by atoms with Gasteiger partial charge < -0.3 is 4.74 Å². The molecular weight excluding hydrogens is 293 g/mol. The fourth-order valence-corrected chi connectivity index (χ4v) is 2.13. The van der Waals surface area contributed by atoms with Gasteiger partial charge in [-0.05, 0) is 35.9 Å². The minimum Gasteiger partial charge on any atom is -0.402 e. The zero-order valence-electron chi connectivity index (χ0n) is 10.7. The van der Waals surface area contributed by atoms with Gasteiger partial charge in [0.25, 0.3) is 0 Å². The van der Waals surface area contributed by atoms with E-state index in [2.05, 4.69) is 4.99 Å². The molecular formula is C16H9ClFNO2. The van der Waals surface area contributed by atoms with Crippen molar-refractivity contribution in [3.63, 3.8) is 0 Å². The maximum atomic E-state index is 13.1. The lowest BCUT2D eigenvalue weighted by molar-refractivity contribution is -0.129. The quantitative estimate of drug-likeness (QED) is 0.625. The summed E-state index contributed by atoms with van der Waals surface area (Å²) < 4.78 is 18.2. The van der Waals surface area contributed by atoms with E-state index in [1.807, 2.05) is 0 Å². The Balaban J connectivity index is 1.98. The SMILES string of the molecule is O=C1OC(c2ccccc2Cl)=NC1=Cc1cccc(F)c1. The third-order valence-corrected chi connectivity index (χ3v) is 3.21. The van der Waals surface area contributed by atoms with Crippen LogP contribution in [0.2, 0.25) is 5.02 Å². The largest absolute Gasteiger partial charge is 0.402 e. The Hall–Kier alpha value is -2.46. The molecule has 104 valence electrons. The van der Waals surface area contributed by atoms with Gasteiger partial charge in [0.15, 0.2) is 5.70 Å². The first-order chi connectivity index (χ1) is 10.1. The Morgan fingerprint density at radius 1 is 1.14 bits per heavy atom. The number of esters is 1. The maximum absolute atomic E-state index is 13.1. The van der Waals surface area contributed by atoms with Gasteiger partial charge in [-0.2, -0.15) is 0 Å². The van der Waals surface area contributed by atoms with Gasteiger partial charge in [0.1, 0.15) is 5.82 Å². The van der Waals surface area contributed by atoms with Crippen molar-refractivity contribution in [2.24, 2.45) is 4.99 Å². The lowest BCUT2D eigenvalue weighted by atomic mass is 10.2. The molecule has 2 aromatic carbocycles. The molecule has 0 bridgehead atoms. The predicted octanol–water partition coefficient (Wildman–Crippen LogP) is 3.82. The average Bonchev–Trinajstić information content (AvgIpc) is 2.80. The molecule has 0 N–H and O–H groups in total. The van der Waals surface area contributed by atoms with Gasteiger partial charge in [-0.1, -0.05) is 35.9 Å². The van der Waals surface area contributed by atoms with E-state index >= 15 is 0 Å². The topological polar surface area (TPSA) is 38.7 Å². The monoisotopic (exact) mass is 301 g/mol. The normalized spacial score (nSPS) is 16.0. The summed E-state index contributed by atoms with van der Waals surface area (Å²) in [6, 6.07) is 12.8. The number of halogens is 2. The van der Waals surface area contributed by atoms with Crippen LogP contribution in [0.1, 0.15) is 11.1 Å². The molecule has 0 amide bonds. The maximum Gasteiger partial charge on any atom is 0.363 e. The van der Waals surface area contributed by atoms with Crippen molar-refractivity contribution in [2.45, 2.75) is 0 Å². The number of hydrogen-bond acceptors (Lipinski definition) is 3. The summed E-state index contributed by atoms with van der Waals surface area (Å²) >= 11 is 6.04. The van der Waals surface area contributed by atoms with Gasteiger partial charge in [-0.3, -0.25) is 0 Å². The Morgan fingerprint density at radius 3 is 2.71 bits per heavy atom. The molecule has 0 aliphatic carbocycles. The molecule has 21 heavy (non-hydrogen) atoms. The molecule has 0 atom stereocenters. The molecule has 1 aliphatic rings. The second kappa shape index (κ2) is 5.50. The summed E-state index contributed by atoms with van der Waals surface area (Å²) in [5.41, 5.74) is 1.18. The van der Waals surface area contributed by atoms with Crippen LogP contribution in [-0.4, -0.2) is 11.9 Å². The van der Waals surface area contributed by atoms with Crippen LogP contribution < -0.4 is 0 Å². The number of carbonyl (C=O) groups excluding carboxylic acids is 1. The first-order valence-electron chi connectivity index (χ1n) is 6.16. The molecule has 5 heteroatoms. The Labute approximate surface area is 125 Å². The van der Waals surface area contributed by atoms with E-state index in [9.17, 15) is 9.18 Å². The van der Waals surface area contributed by atoms with Crippen LogP contribution in [0.4, 0.5) is 4.39 Å². The highest BCUT2D eigenvalue weighted by atomic mass is 35.5. The zero-order valence-corrected chi connectivity index (χ0v) is 11.5. The number of hydrogen-bond donors (Lipinski definition) is 0. The van der Waals surface area contributed by atoms with Gasteiger partial charge in [0, 0.05) is 0 Å². The lowest BCUT2D eigenvalue weighted by Gasteiger charge is -2.00. The van der Waals surface area contributed by atoms with Gasteiger partial charge in [0.2, 0.25) is 5.90 Å². The molecule has 0 saturated heterocycles. The van der Waals surface area contributed by atoms with E-state index in [4.69, 9.17) is 16.3 Å². The summed E-state index contributed by atoms with van der Waals surface area (Å²) in [5, 5.41) is 0.441. The van der Waals surface area contributed by atoms with Crippen LogP contribution in [-0.2, 0) is 9.53 Å². The highest BCUT2D eigenvalue weighted by Crippen LogP contribution is 2.23. The molecule has 1 aliphatic heterocycles. The standard InChI is InChI=1S/C16H9ClFNO2/c17-13-7-2-1-6-12(13)15-19-14(16(20)21-15)9-10-4-3-5-11(18)8-10/h1-9H. The van der Waals surface area contributed by atoms with E-state index in [0.29, 0.717) is 16.1 Å². The van der Waals surface area contributed by atoms with Crippen LogP contribution in [0.25, 0.3) is 6.08 Å². The smallest absolute Gasteiger partial charge is 0.363 e. The summed E-state index contributed by atoms with van der Waals surface area (Å²) in [6.07, 6.45) is 1.47. The summed E-state index contributed by atoms with van der Waals surface area (Å²) in [7, 11) is 0. The molecule has 3 nitrogen and oxygen atoms in total. The van der Waals surface area contributed by atoms with E-state index < -0.39 is 5.97 Å². The molecule has 3 rings (SSSR count). The molecule has 0 aromatic heterocycles. The molecule has 2 aromatic rings. The van der Waals surface area contributed by atoms with Crippen molar-refractivity contribution in [3.8, 4) is 0 Å². The van der Waals surface area contributed by atoms with Crippen LogP contribution in [0, 0.1) is 5.82 Å². The average molecular weight is 302 g/mol. The Morgan fingerprint density at radius 2 is 1.95 bits per heavy atom. The minimum absolute atomic E-state index is 0.107. The minimum atomic E-state index is -0.589. The number of rotatable bonds is 2. The molecule has 0 saturated carbocycles. The fraction of sp³-hybridized carbons (Fsp3) is 0. The first-order valence-corrected chi connectivity index (χ1v) is 6.54. The number of nitrogens with zero attached hydrogens (tertiary/aromatic N) is 1. The van der Waals surface area contributed by atoms with Crippen molar-refractivity contribution < 1.29 is 13.9 Å². The Bertz CT molecular complexity index is 783. The predicted molar refractivity (Wildman–Crippen MR) is 78.5 cm³/mol. The zero-order chi connectivity index (χ0) is 14.8. The van der Waals surface area contributed by atoms with E-state index in [1.54, 1.807) is 36.4 Å². The second-order valence-corrected chi connectivity index (χ2v) is 4.78. The third-order valence-electron chi connectivity index (χ3n) is 2.88. The molecule has 1 heterocycles. The number of aliphatic imine (C=N–C) groups is 1. The number of benzene rings is 2. The second-order valence-electron chi connectivity index (χ2n) is 4.37. The molecule has 0 radical (unpaired) electrons. The van der Waals surface area contributed by atoms with Crippen molar-refractivity contribution >= 4 is 29.5 Å². The highest BCUT2D eigenvalue weighted by Gasteiger charge is 2.25. The summed E-state index contributed by atoms with van der Waals surface area (Å²) in [4.78, 5) is 15.9. The number of cyclic esters (lactones) is 1. The van der Waals surface area contributed by atoms with Crippen LogP contribution in [0.3, 0.4) is 0 Å². The van der Waals surface area contributed by atoms with Gasteiger partial charge in [-0.25, -0.2) is 14.2 Å². The van der Waals surface area contributed by atoms with Gasteiger partial charge in [-0.15, -0.1) is 0 Å². The van der Waals surface area contributed by atoms with E-state index in [0.717, 1.165) is 0 Å². The van der Waals surface area contributed by atoms with Crippen molar-refractivity contribution in [2.75, 3.05) is 0 Å². The van der Waals surface area contributed by atoms with Crippen molar-refractivity contribution in [1.29, 1.82) is 0 Å². The fourth-order valence-electron chi connectivity index (χ4n) is 1.91. The molecule has 0 unspecified atom stereocenters. The third kappa shape index (κ3) is 2.85. The van der Waals surface area contributed by atoms with Gasteiger partial charge >= 0.3 is 5.97 Å². The number of ether oxygens (including phenoxy) is 1. The summed E-state index contributed by atoms with van der Waals surface area (Å²) in [5.74, 6) is -0.826. The lowest BCUT2D eigenvalue weighted by Crippen LogP contribution is -2.05. The highest BCUT2D eigenvalue weighted by molar-refractivity contribution is 6.34. The van der Waals surface area contributed by atoms with Crippen LogP contribution in [0.5, 0.6) is 0 Å². The molecule has 0 spiro atoms. The van der Waals surface area contributed by atoms with E-state index in [-0.39, 0.29) is 17.4 Å². The van der Waals surface area contributed by atoms with Crippen LogP contribution in [0.15, 0.2) is 59.2 Å². The number of carbonyl (C=O) groups is 1. The first kappa shape index (κ1) is 13.5. The van der Waals surface area contributed by atoms with Crippen LogP contribution >= 0.6 is 11.6 Å². The van der Waals surface area contributed by atoms with Gasteiger partial charge in [0.05, 0.1) is 10.6 Å². The van der Waals surface area contributed by atoms with Crippen molar-refractivity contribution in [3.05, 3.63) is 76.2 Å². The van der Waals surface area contributed by atoms with Crippen molar-refractivity contribution in [1.82, 2.24) is 0 Å². The van der Waals surface area contributed by atoms with E-state index in [1.165, 1.54) is 18.2 Å². The Kier molecular flexibility index (Phi) is 3.54.